The lowest BCUT2D eigenvalue weighted by Crippen LogP contribution is -2.49. The van der Waals surface area contributed by atoms with Gasteiger partial charge >= 0.3 is 0 Å². The van der Waals surface area contributed by atoms with Crippen LogP contribution in [0.2, 0.25) is 0 Å². The minimum absolute atomic E-state index is 0.0163. The summed E-state index contributed by atoms with van der Waals surface area (Å²) in [6.07, 6.45) is 3.65. The third-order valence-corrected chi connectivity index (χ3v) is 7.21. The van der Waals surface area contributed by atoms with Crippen LogP contribution in [0.15, 0.2) is 16.3 Å². The topological polar surface area (TPSA) is 64.4 Å². The highest BCUT2D eigenvalue weighted by Gasteiger charge is 2.39. The fourth-order valence-corrected chi connectivity index (χ4v) is 6.12. The number of hydrogen-bond acceptors (Lipinski definition) is 5. The molecule has 1 aromatic heterocycles. The maximum atomic E-state index is 13.1. The van der Waals surface area contributed by atoms with Crippen LogP contribution in [0.4, 0.5) is 0 Å². The van der Waals surface area contributed by atoms with Crippen LogP contribution < -0.4 is 0 Å². The van der Waals surface area contributed by atoms with Crippen molar-refractivity contribution in [3.8, 4) is 6.07 Å². The lowest BCUT2D eigenvalue weighted by Gasteiger charge is -2.39. The lowest BCUT2D eigenvalue weighted by molar-refractivity contribution is 0.172. The molecule has 2 rings (SSSR count). The first kappa shape index (κ1) is 17.4. The van der Waals surface area contributed by atoms with E-state index in [2.05, 4.69) is 4.90 Å². The Morgan fingerprint density at radius 1 is 1.45 bits per heavy atom. The van der Waals surface area contributed by atoms with E-state index in [9.17, 15) is 8.42 Å². The van der Waals surface area contributed by atoms with E-state index in [0.717, 1.165) is 32.2 Å². The van der Waals surface area contributed by atoms with Crippen molar-refractivity contribution < 1.29 is 8.42 Å². The summed E-state index contributed by atoms with van der Waals surface area (Å²) in [4.78, 5) is 2.53. The number of piperidine rings is 1. The zero-order chi connectivity index (χ0) is 16.3. The molecule has 0 N–H and O–H groups in total. The molecule has 0 radical (unpaired) electrons. The van der Waals surface area contributed by atoms with Crippen LogP contribution in [0.25, 0.3) is 0 Å². The average molecular weight is 342 g/mol. The van der Waals surface area contributed by atoms with Gasteiger partial charge in [0, 0.05) is 12.1 Å². The highest BCUT2D eigenvalue weighted by atomic mass is 32.2. The third-order valence-electron chi connectivity index (χ3n) is 4.15. The molecule has 0 aromatic carbocycles. The molecule has 122 valence electrons. The van der Waals surface area contributed by atoms with Crippen LogP contribution in [0, 0.1) is 11.3 Å². The Kier molecular flexibility index (Phi) is 5.61. The van der Waals surface area contributed by atoms with Crippen LogP contribution >= 0.6 is 11.3 Å². The Labute approximate surface area is 137 Å². The van der Waals surface area contributed by atoms with Gasteiger partial charge in [0.15, 0.2) is 0 Å². The number of thiophene rings is 1. The summed E-state index contributed by atoms with van der Waals surface area (Å²) >= 11 is 1.19. The minimum Gasteiger partial charge on any atom is -0.309 e. The van der Waals surface area contributed by atoms with E-state index in [4.69, 9.17) is 5.26 Å². The first-order chi connectivity index (χ1) is 10.4. The monoisotopic (exact) mass is 341 g/mol. The third kappa shape index (κ3) is 3.51. The molecule has 0 amide bonds. The van der Waals surface area contributed by atoms with Crippen molar-refractivity contribution in [1.82, 2.24) is 9.21 Å². The fourth-order valence-electron chi connectivity index (χ4n) is 3.07. The quantitative estimate of drug-likeness (QED) is 0.825. The Bertz CT molecular complexity index is 646. The summed E-state index contributed by atoms with van der Waals surface area (Å²) in [6, 6.07) is 3.56. The van der Waals surface area contributed by atoms with Gasteiger partial charge < -0.3 is 4.90 Å². The second kappa shape index (κ2) is 7.09. The van der Waals surface area contributed by atoms with Crippen molar-refractivity contribution in [3.05, 3.63) is 16.3 Å². The van der Waals surface area contributed by atoms with E-state index in [1.165, 1.54) is 11.3 Å². The molecule has 7 heteroatoms. The first-order valence-corrected chi connectivity index (χ1v) is 9.85. The van der Waals surface area contributed by atoms with E-state index < -0.39 is 10.0 Å². The molecule has 0 aliphatic carbocycles. The van der Waals surface area contributed by atoms with Crippen LogP contribution in [0.3, 0.4) is 0 Å². The molecule has 1 saturated heterocycles. The van der Waals surface area contributed by atoms with Gasteiger partial charge in [-0.25, -0.2) is 8.42 Å². The van der Waals surface area contributed by atoms with E-state index in [-0.39, 0.29) is 21.9 Å². The predicted octanol–water partition coefficient (Wildman–Crippen LogP) is 2.50. The van der Waals surface area contributed by atoms with Gasteiger partial charge in [-0.2, -0.15) is 9.57 Å². The van der Waals surface area contributed by atoms with Crippen molar-refractivity contribution >= 4 is 21.4 Å². The number of rotatable bonds is 5. The molecule has 1 fully saturated rings. The summed E-state index contributed by atoms with van der Waals surface area (Å²) in [5, 5.41) is 10.8. The van der Waals surface area contributed by atoms with Crippen LogP contribution in [-0.2, 0) is 10.0 Å². The number of nitriles is 1. The maximum Gasteiger partial charge on any atom is 0.245 e. The van der Waals surface area contributed by atoms with Crippen molar-refractivity contribution in [2.75, 3.05) is 20.6 Å². The smallest absolute Gasteiger partial charge is 0.245 e. The SMILES string of the molecule is CC1CCCC(CCN(C)C)N1S(=O)(=O)c1ccsc1C#N. The summed E-state index contributed by atoms with van der Waals surface area (Å²) in [5.74, 6) is 0. The number of nitrogens with zero attached hydrogens (tertiary/aromatic N) is 3. The van der Waals surface area contributed by atoms with Gasteiger partial charge in [-0.3, -0.25) is 0 Å². The number of hydrogen-bond donors (Lipinski definition) is 0. The van der Waals surface area contributed by atoms with Gasteiger partial charge in [0.1, 0.15) is 15.8 Å². The summed E-state index contributed by atoms with van der Waals surface area (Å²) < 4.78 is 27.8. The van der Waals surface area contributed by atoms with Crippen LogP contribution in [-0.4, -0.2) is 50.3 Å². The molecule has 22 heavy (non-hydrogen) atoms. The normalized spacial score (nSPS) is 23.6. The molecule has 1 aliphatic heterocycles. The molecule has 2 atom stereocenters. The molecule has 5 nitrogen and oxygen atoms in total. The van der Waals surface area contributed by atoms with Crippen molar-refractivity contribution in [2.24, 2.45) is 0 Å². The van der Waals surface area contributed by atoms with Crippen LogP contribution in [0.5, 0.6) is 0 Å². The Morgan fingerprint density at radius 2 is 2.18 bits per heavy atom. The van der Waals surface area contributed by atoms with Gasteiger partial charge in [0.05, 0.1) is 0 Å². The van der Waals surface area contributed by atoms with Crippen LogP contribution in [0.1, 0.15) is 37.5 Å². The Balaban J connectivity index is 2.34. The van der Waals surface area contributed by atoms with Gasteiger partial charge in [0.25, 0.3) is 0 Å². The molecule has 0 saturated carbocycles. The molecule has 1 aromatic rings. The summed E-state index contributed by atoms with van der Waals surface area (Å²) in [5.41, 5.74) is 0. The second-order valence-electron chi connectivity index (χ2n) is 6.09. The van der Waals surface area contributed by atoms with Gasteiger partial charge in [-0.1, -0.05) is 6.42 Å². The minimum atomic E-state index is -3.60. The zero-order valence-electron chi connectivity index (χ0n) is 13.3. The first-order valence-electron chi connectivity index (χ1n) is 7.53. The van der Waals surface area contributed by atoms with Gasteiger partial charge in [0.2, 0.25) is 10.0 Å². The average Bonchev–Trinajstić information content (AvgIpc) is 2.94. The van der Waals surface area contributed by atoms with Crippen molar-refractivity contribution in [2.45, 2.75) is 49.6 Å². The standard InChI is InChI=1S/C15H23N3O2S2/c1-12-5-4-6-13(7-9-17(2)3)18(12)22(19,20)15-8-10-21-14(15)11-16/h8,10,12-13H,4-7,9H2,1-3H3. The van der Waals surface area contributed by atoms with E-state index in [1.54, 1.807) is 15.8 Å². The van der Waals surface area contributed by atoms with Crippen molar-refractivity contribution in [1.29, 1.82) is 5.26 Å². The highest BCUT2D eigenvalue weighted by Crippen LogP contribution is 2.33. The van der Waals surface area contributed by atoms with E-state index >= 15 is 0 Å². The second-order valence-corrected chi connectivity index (χ2v) is 8.81. The zero-order valence-corrected chi connectivity index (χ0v) is 15.0. The molecular weight excluding hydrogens is 318 g/mol. The van der Waals surface area contributed by atoms with Crippen molar-refractivity contribution in [3.63, 3.8) is 0 Å². The molecule has 2 unspecified atom stereocenters. The Hall–Kier alpha value is -0.940. The van der Waals surface area contributed by atoms with E-state index in [1.807, 2.05) is 27.1 Å². The summed E-state index contributed by atoms with van der Waals surface area (Å²) in [6.45, 7) is 2.83. The maximum absolute atomic E-state index is 13.1. The Morgan fingerprint density at radius 3 is 2.82 bits per heavy atom. The van der Waals surface area contributed by atoms with Gasteiger partial charge in [-0.05, 0) is 58.3 Å². The van der Waals surface area contributed by atoms with Gasteiger partial charge in [-0.15, -0.1) is 11.3 Å². The predicted molar refractivity (Wildman–Crippen MR) is 88.3 cm³/mol. The molecule has 1 aliphatic rings. The lowest BCUT2D eigenvalue weighted by atomic mass is 9.97. The molecule has 0 spiro atoms. The largest absolute Gasteiger partial charge is 0.309 e. The number of sulfonamides is 1. The molecule has 2 heterocycles. The highest BCUT2D eigenvalue weighted by molar-refractivity contribution is 7.89. The fraction of sp³-hybridized carbons (Fsp3) is 0.667. The summed E-state index contributed by atoms with van der Waals surface area (Å²) in [7, 11) is 0.391. The van der Waals surface area contributed by atoms with E-state index in [0.29, 0.717) is 0 Å². The molecular formula is C15H23N3O2S2. The molecule has 0 bridgehead atoms.